The number of fused-ring (bicyclic) bond motifs is 1. The zero-order chi connectivity index (χ0) is 15.1. The second-order valence-corrected chi connectivity index (χ2v) is 5.75. The maximum Gasteiger partial charge on any atom is 0.307 e. The van der Waals surface area contributed by atoms with Crippen molar-refractivity contribution in [2.24, 2.45) is 5.92 Å². The SMILES string of the molecule is Nc1nc2n(n1)CC(c1cccc(Cl)c1Cl)C(C(=O)O)C2. The van der Waals surface area contributed by atoms with Crippen LogP contribution in [0.3, 0.4) is 0 Å². The van der Waals surface area contributed by atoms with Crippen molar-refractivity contribution in [3.8, 4) is 0 Å². The van der Waals surface area contributed by atoms with E-state index in [1.165, 1.54) is 0 Å². The van der Waals surface area contributed by atoms with Crippen molar-refractivity contribution in [1.82, 2.24) is 14.8 Å². The molecule has 8 heteroatoms. The van der Waals surface area contributed by atoms with Crippen LogP contribution in [0.25, 0.3) is 0 Å². The van der Waals surface area contributed by atoms with Gasteiger partial charge in [0.2, 0.25) is 5.95 Å². The number of hydrogen-bond acceptors (Lipinski definition) is 4. The number of nitrogens with zero attached hydrogens (tertiary/aromatic N) is 3. The smallest absolute Gasteiger partial charge is 0.307 e. The van der Waals surface area contributed by atoms with Gasteiger partial charge in [-0.15, -0.1) is 5.10 Å². The number of nitrogen functional groups attached to an aromatic ring is 1. The fourth-order valence-electron chi connectivity index (χ4n) is 2.72. The van der Waals surface area contributed by atoms with E-state index >= 15 is 0 Å². The molecule has 21 heavy (non-hydrogen) atoms. The Labute approximate surface area is 130 Å². The molecule has 0 fully saturated rings. The lowest BCUT2D eigenvalue weighted by Crippen LogP contribution is -2.34. The molecule has 0 aliphatic carbocycles. The van der Waals surface area contributed by atoms with Crippen molar-refractivity contribution < 1.29 is 9.90 Å². The molecule has 110 valence electrons. The van der Waals surface area contributed by atoms with Crippen LogP contribution in [0.15, 0.2) is 18.2 Å². The normalized spacial score (nSPS) is 21.0. The Morgan fingerprint density at radius 2 is 2.19 bits per heavy atom. The second-order valence-electron chi connectivity index (χ2n) is 4.97. The van der Waals surface area contributed by atoms with Crippen molar-refractivity contribution in [2.75, 3.05) is 5.73 Å². The number of rotatable bonds is 2. The van der Waals surface area contributed by atoms with Gasteiger partial charge in [-0.25, -0.2) is 4.68 Å². The second kappa shape index (κ2) is 5.20. The maximum absolute atomic E-state index is 11.6. The van der Waals surface area contributed by atoms with E-state index in [4.69, 9.17) is 28.9 Å². The van der Waals surface area contributed by atoms with Gasteiger partial charge in [0, 0.05) is 12.3 Å². The Morgan fingerprint density at radius 1 is 1.43 bits per heavy atom. The summed E-state index contributed by atoms with van der Waals surface area (Å²) in [6.07, 6.45) is 0.257. The molecule has 2 heterocycles. The van der Waals surface area contributed by atoms with Crippen molar-refractivity contribution in [3.63, 3.8) is 0 Å². The van der Waals surface area contributed by atoms with E-state index in [2.05, 4.69) is 10.1 Å². The standard InChI is InChI=1S/C13H12Cl2N4O2/c14-9-3-1-2-6(11(9)15)8-5-19-10(17-13(16)18-19)4-7(8)12(20)21/h1-3,7-8H,4-5H2,(H2,16,18)(H,20,21). The first-order valence-corrected chi connectivity index (χ1v) is 7.09. The third-order valence-electron chi connectivity index (χ3n) is 3.72. The Hall–Kier alpha value is -1.79. The van der Waals surface area contributed by atoms with Crippen LogP contribution >= 0.6 is 23.2 Å². The molecule has 3 rings (SSSR count). The van der Waals surface area contributed by atoms with Gasteiger partial charge in [0.25, 0.3) is 0 Å². The summed E-state index contributed by atoms with van der Waals surface area (Å²) in [5.41, 5.74) is 6.29. The molecular weight excluding hydrogens is 315 g/mol. The fourth-order valence-corrected chi connectivity index (χ4v) is 3.17. The Bertz CT molecular complexity index is 716. The first-order chi connectivity index (χ1) is 9.97. The van der Waals surface area contributed by atoms with Gasteiger partial charge in [0.15, 0.2) is 0 Å². The summed E-state index contributed by atoms with van der Waals surface area (Å²) < 4.78 is 1.64. The molecule has 0 radical (unpaired) electrons. The van der Waals surface area contributed by atoms with Gasteiger partial charge < -0.3 is 10.8 Å². The van der Waals surface area contributed by atoms with E-state index in [-0.39, 0.29) is 18.3 Å². The van der Waals surface area contributed by atoms with Crippen LogP contribution in [-0.4, -0.2) is 25.8 Å². The van der Waals surface area contributed by atoms with Crippen molar-refractivity contribution >= 4 is 35.1 Å². The number of carbonyl (C=O) groups is 1. The minimum atomic E-state index is -0.899. The molecule has 1 aromatic heterocycles. The van der Waals surface area contributed by atoms with Crippen LogP contribution in [0.5, 0.6) is 0 Å². The molecule has 0 saturated carbocycles. The van der Waals surface area contributed by atoms with Crippen molar-refractivity contribution in [2.45, 2.75) is 18.9 Å². The molecule has 0 spiro atoms. The number of carboxylic acid groups (broad SMARTS) is 1. The van der Waals surface area contributed by atoms with Gasteiger partial charge in [0.1, 0.15) is 5.82 Å². The van der Waals surface area contributed by atoms with E-state index in [0.29, 0.717) is 28.0 Å². The molecule has 6 nitrogen and oxygen atoms in total. The molecule has 2 atom stereocenters. The molecule has 2 unspecified atom stereocenters. The Kier molecular flexibility index (Phi) is 3.51. The van der Waals surface area contributed by atoms with Crippen LogP contribution in [-0.2, 0) is 17.8 Å². The number of benzene rings is 1. The predicted molar refractivity (Wildman–Crippen MR) is 78.5 cm³/mol. The predicted octanol–water partition coefficient (Wildman–Crippen LogP) is 2.21. The minimum Gasteiger partial charge on any atom is -0.481 e. The van der Waals surface area contributed by atoms with E-state index < -0.39 is 11.9 Å². The average molecular weight is 327 g/mol. The van der Waals surface area contributed by atoms with E-state index in [1.54, 1.807) is 22.9 Å². The first-order valence-electron chi connectivity index (χ1n) is 6.33. The molecule has 0 saturated heterocycles. The molecule has 1 aliphatic rings. The summed E-state index contributed by atoms with van der Waals surface area (Å²) in [4.78, 5) is 15.6. The van der Waals surface area contributed by atoms with Crippen molar-refractivity contribution in [3.05, 3.63) is 39.6 Å². The summed E-state index contributed by atoms with van der Waals surface area (Å²) in [5.74, 6) is -1.15. The quantitative estimate of drug-likeness (QED) is 0.882. The van der Waals surface area contributed by atoms with Crippen LogP contribution in [0.1, 0.15) is 17.3 Å². The van der Waals surface area contributed by atoms with Crippen LogP contribution in [0, 0.1) is 5.92 Å². The van der Waals surface area contributed by atoms with E-state index in [9.17, 15) is 9.90 Å². The summed E-state index contributed by atoms with van der Waals surface area (Å²) in [7, 11) is 0. The maximum atomic E-state index is 11.6. The first kappa shape index (κ1) is 14.2. The van der Waals surface area contributed by atoms with Crippen LogP contribution in [0.4, 0.5) is 5.95 Å². The van der Waals surface area contributed by atoms with Crippen LogP contribution in [0.2, 0.25) is 10.0 Å². The molecular formula is C13H12Cl2N4O2. The highest BCUT2D eigenvalue weighted by atomic mass is 35.5. The van der Waals surface area contributed by atoms with Gasteiger partial charge in [-0.3, -0.25) is 4.79 Å². The number of carboxylic acids is 1. The Morgan fingerprint density at radius 3 is 2.90 bits per heavy atom. The van der Waals surface area contributed by atoms with E-state index in [0.717, 1.165) is 0 Å². The zero-order valence-electron chi connectivity index (χ0n) is 10.8. The summed E-state index contributed by atoms with van der Waals surface area (Å²) in [6.45, 7) is 0.358. The van der Waals surface area contributed by atoms with Gasteiger partial charge in [-0.2, -0.15) is 4.98 Å². The summed E-state index contributed by atoms with van der Waals surface area (Å²) in [6, 6.07) is 5.22. The van der Waals surface area contributed by atoms with Crippen LogP contribution < -0.4 is 5.73 Å². The van der Waals surface area contributed by atoms with Gasteiger partial charge in [-0.05, 0) is 11.6 Å². The fraction of sp³-hybridized carbons (Fsp3) is 0.308. The lowest BCUT2D eigenvalue weighted by atomic mass is 9.81. The highest BCUT2D eigenvalue weighted by molar-refractivity contribution is 6.42. The van der Waals surface area contributed by atoms with Gasteiger partial charge in [0.05, 0.1) is 22.5 Å². The van der Waals surface area contributed by atoms with Gasteiger partial charge in [-0.1, -0.05) is 35.3 Å². The minimum absolute atomic E-state index is 0.145. The third kappa shape index (κ3) is 2.45. The molecule has 0 bridgehead atoms. The number of aromatic nitrogens is 3. The zero-order valence-corrected chi connectivity index (χ0v) is 12.3. The number of nitrogens with two attached hydrogens (primary N) is 1. The molecule has 1 aromatic carbocycles. The molecule has 3 N–H and O–H groups in total. The highest BCUT2D eigenvalue weighted by Gasteiger charge is 2.37. The average Bonchev–Trinajstić information content (AvgIpc) is 2.79. The number of aliphatic carboxylic acids is 1. The number of halogens is 2. The van der Waals surface area contributed by atoms with Crippen molar-refractivity contribution in [1.29, 1.82) is 0 Å². The summed E-state index contributed by atoms with van der Waals surface area (Å²) in [5, 5.41) is 14.4. The monoisotopic (exact) mass is 326 g/mol. The summed E-state index contributed by atoms with van der Waals surface area (Å²) >= 11 is 12.3. The topological polar surface area (TPSA) is 94.0 Å². The van der Waals surface area contributed by atoms with E-state index in [1.807, 2.05) is 0 Å². The molecule has 1 aliphatic heterocycles. The largest absolute Gasteiger partial charge is 0.481 e. The highest BCUT2D eigenvalue weighted by Crippen LogP contribution is 2.39. The van der Waals surface area contributed by atoms with Gasteiger partial charge >= 0.3 is 5.97 Å². The Balaban J connectivity index is 2.07. The molecule has 2 aromatic rings. The third-order valence-corrected chi connectivity index (χ3v) is 4.55. The molecule has 0 amide bonds. The lowest BCUT2D eigenvalue weighted by Gasteiger charge is -2.29. The number of hydrogen-bond donors (Lipinski definition) is 2. The lowest BCUT2D eigenvalue weighted by molar-refractivity contribution is -0.143. The number of anilines is 1.